The first-order valence-electron chi connectivity index (χ1n) is 10.2. The van der Waals surface area contributed by atoms with Gasteiger partial charge in [0.25, 0.3) is 0 Å². The van der Waals surface area contributed by atoms with Crippen LogP contribution in [0.4, 0.5) is 10.2 Å². The minimum atomic E-state index is -3.70. The number of methoxy groups -OCH3 is 1. The van der Waals surface area contributed by atoms with Crippen molar-refractivity contribution in [3.63, 3.8) is 0 Å². The first kappa shape index (κ1) is 21.2. The summed E-state index contributed by atoms with van der Waals surface area (Å²) in [5, 5.41) is 8.52. The maximum absolute atomic E-state index is 13.2. The van der Waals surface area contributed by atoms with Crippen LogP contribution in [0.2, 0.25) is 0 Å². The molecule has 1 saturated heterocycles. The van der Waals surface area contributed by atoms with E-state index >= 15 is 0 Å². The minimum Gasteiger partial charge on any atom is -0.497 e. The van der Waals surface area contributed by atoms with Crippen molar-refractivity contribution in [2.24, 2.45) is 0 Å². The molecule has 4 aromatic rings. The van der Waals surface area contributed by atoms with Gasteiger partial charge >= 0.3 is 0 Å². The molecule has 5 rings (SSSR count). The number of fused-ring (bicyclic) bond motifs is 1. The molecule has 0 bridgehead atoms. The SMILES string of the molecule is COc1ccc(-n2nnc3c(N4CCN(S(=O)(=O)c5ccc(F)cc5)CC4)ncnc32)cc1. The van der Waals surface area contributed by atoms with Gasteiger partial charge in [-0.1, -0.05) is 5.21 Å². The number of sulfonamides is 1. The van der Waals surface area contributed by atoms with Crippen molar-refractivity contribution in [1.82, 2.24) is 29.3 Å². The predicted molar refractivity (Wildman–Crippen MR) is 118 cm³/mol. The highest BCUT2D eigenvalue weighted by molar-refractivity contribution is 7.89. The standard InChI is InChI=1S/C21H20FN7O3S/c1-32-17-6-4-16(5-7-17)29-21-19(25-26-29)20(23-14-24-21)27-10-12-28(13-11-27)33(30,31)18-8-2-15(22)3-9-18/h2-9,14H,10-13H2,1H3. The summed E-state index contributed by atoms with van der Waals surface area (Å²) >= 11 is 0. The monoisotopic (exact) mass is 469 g/mol. The second kappa shape index (κ2) is 8.37. The van der Waals surface area contributed by atoms with Crippen LogP contribution in [0, 0.1) is 5.82 Å². The summed E-state index contributed by atoms with van der Waals surface area (Å²) in [6.45, 7) is 1.36. The molecule has 2 aromatic heterocycles. The first-order valence-corrected chi connectivity index (χ1v) is 11.6. The molecule has 1 fully saturated rings. The molecule has 0 N–H and O–H groups in total. The third-order valence-corrected chi connectivity index (χ3v) is 7.44. The summed E-state index contributed by atoms with van der Waals surface area (Å²) in [7, 11) is -2.10. The molecule has 1 aliphatic rings. The Morgan fingerprint density at radius 1 is 0.939 bits per heavy atom. The number of piperazine rings is 1. The van der Waals surface area contributed by atoms with Gasteiger partial charge in [0.15, 0.2) is 17.0 Å². The molecule has 10 nitrogen and oxygen atoms in total. The van der Waals surface area contributed by atoms with Gasteiger partial charge in [0.1, 0.15) is 17.9 Å². The lowest BCUT2D eigenvalue weighted by atomic mass is 10.3. The largest absolute Gasteiger partial charge is 0.497 e. The quantitative estimate of drug-likeness (QED) is 0.436. The third-order valence-electron chi connectivity index (χ3n) is 5.53. The van der Waals surface area contributed by atoms with Crippen LogP contribution in [0.1, 0.15) is 0 Å². The van der Waals surface area contributed by atoms with Crippen molar-refractivity contribution in [2.75, 3.05) is 38.2 Å². The van der Waals surface area contributed by atoms with Crippen LogP contribution >= 0.6 is 0 Å². The molecular weight excluding hydrogens is 449 g/mol. The summed E-state index contributed by atoms with van der Waals surface area (Å²) in [6.07, 6.45) is 1.45. The summed E-state index contributed by atoms with van der Waals surface area (Å²) in [4.78, 5) is 10.8. The van der Waals surface area contributed by atoms with E-state index in [0.29, 0.717) is 30.1 Å². The number of rotatable bonds is 5. The molecule has 0 unspecified atom stereocenters. The van der Waals surface area contributed by atoms with Crippen LogP contribution in [0.15, 0.2) is 59.8 Å². The van der Waals surface area contributed by atoms with Gasteiger partial charge in [-0.15, -0.1) is 5.10 Å². The fraction of sp³-hybridized carbons (Fsp3) is 0.238. The van der Waals surface area contributed by atoms with E-state index in [-0.39, 0.29) is 18.0 Å². The Morgan fingerprint density at radius 2 is 1.64 bits per heavy atom. The van der Waals surface area contributed by atoms with Gasteiger partial charge in [-0.25, -0.2) is 22.8 Å². The Hall–Kier alpha value is -3.64. The van der Waals surface area contributed by atoms with Crippen molar-refractivity contribution >= 4 is 27.0 Å². The molecule has 33 heavy (non-hydrogen) atoms. The molecule has 0 saturated carbocycles. The van der Waals surface area contributed by atoms with E-state index in [9.17, 15) is 12.8 Å². The fourth-order valence-electron chi connectivity index (χ4n) is 3.76. The molecule has 0 spiro atoms. The van der Waals surface area contributed by atoms with E-state index in [0.717, 1.165) is 23.6 Å². The Kier molecular flexibility index (Phi) is 5.38. The topological polar surface area (TPSA) is 106 Å². The Bertz CT molecular complexity index is 1380. The average Bonchev–Trinajstić information content (AvgIpc) is 3.29. The predicted octanol–water partition coefficient (Wildman–Crippen LogP) is 1.87. The molecule has 12 heteroatoms. The number of benzene rings is 2. The van der Waals surface area contributed by atoms with Crippen molar-refractivity contribution in [3.8, 4) is 11.4 Å². The Balaban J connectivity index is 1.37. The maximum atomic E-state index is 13.2. The van der Waals surface area contributed by atoms with Crippen molar-refractivity contribution in [1.29, 1.82) is 0 Å². The highest BCUT2D eigenvalue weighted by Crippen LogP contribution is 2.26. The molecule has 0 atom stereocenters. The van der Waals surface area contributed by atoms with Gasteiger partial charge in [-0.05, 0) is 48.5 Å². The highest BCUT2D eigenvalue weighted by Gasteiger charge is 2.30. The molecule has 3 heterocycles. The molecule has 170 valence electrons. The lowest BCUT2D eigenvalue weighted by Crippen LogP contribution is -2.49. The van der Waals surface area contributed by atoms with Crippen molar-refractivity contribution in [2.45, 2.75) is 4.90 Å². The van der Waals surface area contributed by atoms with E-state index in [1.165, 1.54) is 22.8 Å². The zero-order valence-electron chi connectivity index (χ0n) is 17.7. The van der Waals surface area contributed by atoms with E-state index in [4.69, 9.17) is 4.74 Å². The molecule has 0 aliphatic carbocycles. The summed E-state index contributed by atoms with van der Waals surface area (Å²) in [5.41, 5.74) is 1.85. The fourth-order valence-corrected chi connectivity index (χ4v) is 5.18. The molecular formula is C21H20FN7O3S. The number of aromatic nitrogens is 5. The van der Waals surface area contributed by atoms with Gasteiger partial charge in [0.05, 0.1) is 17.7 Å². The Labute approximate surface area is 189 Å². The number of hydrogen-bond donors (Lipinski definition) is 0. The molecule has 0 radical (unpaired) electrons. The summed E-state index contributed by atoms with van der Waals surface area (Å²) < 4.78 is 47.2. The number of ether oxygens (including phenoxy) is 1. The zero-order valence-corrected chi connectivity index (χ0v) is 18.5. The van der Waals surface area contributed by atoms with Crippen LogP contribution in [-0.4, -0.2) is 71.0 Å². The van der Waals surface area contributed by atoms with E-state index in [1.807, 2.05) is 29.2 Å². The first-order chi connectivity index (χ1) is 16.0. The third kappa shape index (κ3) is 3.87. The lowest BCUT2D eigenvalue weighted by Gasteiger charge is -2.34. The normalized spacial score (nSPS) is 15.2. The smallest absolute Gasteiger partial charge is 0.243 e. The summed E-state index contributed by atoms with van der Waals surface area (Å²) in [5.74, 6) is 0.847. The molecule has 2 aromatic carbocycles. The number of nitrogens with zero attached hydrogens (tertiary/aromatic N) is 7. The number of halogens is 1. The minimum absolute atomic E-state index is 0.0733. The number of hydrogen-bond acceptors (Lipinski definition) is 8. The maximum Gasteiger partial charge on any atom is 0.243 e. The van der Waals surface area contributed by atoms with Gasteiger partial charge in [-0.3, -0.25) is 0 Å². The van der Waals surface area contributed by atoms with Gasteiger partial charge in [0, 0.05) is 26.2 Å². The van der Waals surface area contributed by atoms with Crippen LogP contribution in [0.5, 0.6) is 5.75 Å². The highest BCUT2D eigenvalue weighted by atomic mass is 32.2. The van der Waals surface area contributed by atoms with Crippen LogP contribution < -0.4 is 9.64 Å². The van der Waals surface area contributed by atoms with Gasteiger partial charge in [-0.2, -0.15) is 8.99 Å². The van der Waals surface area contributed by atoms with Crippen LogP contribution in [0.3, 0.4) is 0 Å². The molecule has 1 aliphatic heterocycles. The Morgan fingerprint density at radius 3 is 2.30 bits per heavy atom. The molecule has 0 amide bonds. The number of anilines is 1. The van der Waals surface area contributed by atoms with E-state index in [2.05, 4.69) is 20.3 Å². The lowest BCUT2D eigenvalue weighted by molar-refractivity contribution is 0.384. The van der Waals surface area contributed by atoms with Crippen molar-refractivity contribution < 1.29 is 17.5 Å². The van der Waals surface area contributed by atoms with E-state index in [1.54, 1.807) is 11.8 Å². The van der Waals surface area contributed by atoms with E-state index < -0.39 is 15.8 Å². The second-order valence-corrected chi connectivity index (χ2v) is 9.35. The van der Waals surface area contributed by atoms with Crippen LogP contribution in [0.25, 0.3) is 16.9 Å². The zero-order chi connectivity index (χ0) is 23.0. The van der Waals surface area contributed by atoms with Crippen molar-refractivity contribution in [3.05, 3.63) is 60.7 Å². The van der Waals surface area contributed by atoms with Crippen LogP contribution in [-0.2, 0) is 10.0 Å². The second-order valence-electron chi connectivity index (χ2n) is 7.41. The van der Waals surface area contributed by atoms with Gasteiger partial charge in [0.2, 0.25) is 10.0 Å². The summed E-state index contributed by atoms with van der Waals surface area (Å²) in [6, 6.07) is 12.2. The van der Waals surface area contributed by atoms with Gasteiger partial charge < -0.3 is 9.64 Å². The average molecular weight is 470 g/mol.